The van der Waals surface area contributed by atoms with E-state index in [0.717, 1.165) is 17.3 Å². The highest BCUT2D eigenvalue weighted by atomic mass is 32.2. The van der Waals surface area contributed by atoms with Gasteiger partial charge < -0.3 is 9.84 Å². The van der Waals surface area contributed by atoms with Gasteiger partial charge in [-0.25, -0.2) is 0 Å². The molecule has 0 saturated heterocycles. The molecule has 1 rings (SSSR count). The molecule has 1 aromatic carbocycles. The number of rotatable bonds is 7. The minimum absolute atomic E-state index is 0.274. The van der Waals surface area contributed by atoms with Gasteiger partial charge in [0.2, 0.25) is 0 Å². The van der Waals surface area contributed by atoms with Crippen molar-refractivity contribution in [1.29, 1.82) is 0 Å². The molecular formula is C13H20O2S. The van der Waals surface area contributed by atoms with Crippen LogP contribution < -0.4 is 4.74 Å². The Morgan fingerprint density at radius 3 is 2.56 bits per heavy atom. The van der Waals surface area contributed by atoms with Crippen molar-refractivity contribution in [1.82, 2.24) is 0 Å². The van der Waals surface area contributed by atoms with Gasteiger partial charge in [-0.3, -0.25) is 0 Å². The van der Waals surface area contributed by atoms with Crippen molar-refractivity contribution < 1.29 is 9.84 Å². The summed E-state index contributed by atoms with van der Waals surface area (Å²) in [4.78, 5) is 0. The summed E-state index contributed by atoms with van der Waals surface area (Å²) in [5.41, 5.74) is 1.30. The molecule has 16 heavy (non-hydrogen) atoms. The molecular weight excluding hydrogens is 220 g/mol. The summed E-state index contributed by atoms with van der Waals surface area (Å²) in [5, 5.41) is 8.90. The quantitative estimate of drug-likeness (QED) is 0.794. The largest absolute Gasteiger partial charge is 0.494 e. The lowest BCUT2D eigenvalue weighted by atomic mass is 10.2. The summed E-state index contributed by atoms with van der Waals surface area (Å²) < 4.78 is 5.38. The summed E-state index contributed by atoms with van der Waals surface area (Å²) >= 11 is 1.86. The number of aliphatic hydroxyl groups is 1. The first-order chi connectivity index (χ1) is 7.76. The van der Waals surface area contributed by atoms with Crippen molar-refractivity contribution in [3.05, 3.63) is 29.8 Å². The van der Waals surface area contributed by atoms with Crippen molar-refractivity contribution in [2.75, 3.05) is 19.0 Å². The van der Waals surface area contributed by atoms with Crippen molar-refractivity contribution in [2.45, 2.75) is 19.6 Å². The smallest absolute Gasteiger partial charge is 0.119 e. The van der Waals surface area contributed by atoms with Crippen molar-refractivity contribution >= 4 is 11.8 Å². The molecule has 0 aliphatic carbocycles. The van der Waals surface area contributed by atoms with Gasteiger partial charge in [0.05, 0.1) is 6.61 Å². The third kappa shape index (κ3) is 4.90. The molecule has 90 valence electrons. The lowest BCUT2D eigenvalue weighted by Crippen LogP contribution is -2.03. The van der Waals surface area contributed by atoms with E-state index in [2.05, 4.69) is 19.1 Å². The molecule has 1 aromatic rings. The fourth-order valence-electron chi connectivity index (χ4n) is 1.28. The van der Waals surface area contributed by atoms with E-state index in [0.29, 0.717) is 12.5 Å². The number of hydrogen-bond donors (Lipinski definition) is 1. The van der Waals surface area contributed by atoms with Crippen molar-refractivity contribution in [2.24, 2.45) is 5.92 Å². The normalized spacial score (nSPS) is 12.4. The number of aliphatic hydroxyl groups excluding tert-OH is 1. The first-order valence-electron chi connectivity index (χ1n) is 5.66. The Kier molecular flexibility index (Phi) is 6.34. The number of hydrogen-bond acceptors (Lipinski definition) is 3. The maximum atomic E-state index is 8.90. The first-order valence-corrected chi connectivity index (χ1v) is 6.82. The molecule has 0 fully saturated rings. The fraction of sp³-hybridized carbons (Fsp3) is 0.538. The van der Waals surface area contributed by atoms with E-state index >= 15 is 0 Å². The second kappa shape index (κ2) is 7.58. The van der Waals surface area contributed by atoms with E-state index < -0.39 is 0 Å². The van der Waals surface area contributed by atoms with Crippen LogP contribution in [0, 0.1) is 5.92 Å². The van der Waals surface area contributed by atoms with E-state index in [9.17, 15) is 0 Å². The maximum absolute atomic E-state index is 8.90. The highest BCUT2D eigenvalue weighted by Crippen LogP contribution is 2.18. The third-order valence-corrected chi connectivity index (χ3v) is 3.56. The van der Waals surface area contributed by atoms with Crippen molar-refractivity contribution in [3.8, 4) is 5.75 Å². The van der Waals surface area contributed by atoms with Gasteiger partial charge in [0, 0.05) is 12.4 Å². The van der Waals surface area contributed by atoms with Crippen LogP contribution in [-0.2, 0) is 5.75 Å². The van der Waals surface area contributed by atoms with Crippen LogP contribution in [0.15, 0.2) is 24.3 Å². The summed E-state index contributed by atoms with van der Waals surface area (Å²) in [6.45, 7) is 5.03. The van der Waals surface area contributed by atoms with Gasteiger partial charge in [0.1, 0.15) is 5.75 Å². The van der Waals surface area contributed by atoms with E-state index in [1.54, 1.807) is 0 Å². The zero-order valence-corrected chi connectivity index (χ0v) is 10.8. The number of thioether (sulfide) groups is 1. The number of ether oxygens (including phenoxy) is 1. The molecule has 1 atom stereocenters. The first kappa shape index (κ1) is 13.4. The number of benzene rings is 1. The molecule has 0 radical (unpaired) electrons. The molecule has 0 saturated carbocycles. The molecule has 0 aliphatic heterocycles. The second-order valence-corrected chi connectivity index (χ2v) is 4.91. The monoisotopic (exact) mass is 240 g/mol. The second-order valence-electron chi connectivity index (χ2n) is 3.88. The van der Waals surface area contributed by atoms with Crippen LogP contribution in [-0.4, -0.2) is 24.1 Å². The van der Waals surface area contributed by atoms with Gasteiger partial charge in [0.25, 0.3) is 0 Å². The molecule has 1 N–H and O–H groups in total. The summed E-state index contributed by atoms with van der Waals surface area (Å²) in [6, 6.07) is 8.22. The Bertz CT molecular complexity index is 284. The Labute approximate surface area is 102 Å². The standard InChI is InChI=1S/C13H20O2S/c1-3-15-13-6-4-12(5-7-13)10-16-9-11(2)8-14/h4-7,11,14H,3,8-10H2,1-2H3. The minimum atomic E-state index is 0.274. The summed E-state index contributed by atoms with van der Waals surface area (Å²) in [6.07, 6.45) is 0. The third-order valence-electron chi connectivity index (χ3n) is 2.22. The maximum Gasteiger partial charge on any atom is 0.119 e. The SMILES string of the molecule is CCOc1ccc(CSCC(C)CO)cc1. The van der Waals surface area contributed by atoms with E-state index in [-0.39, 0.29) is 6.61 Å². The van der Waals surface area contributed by atoms with Crippen LogP contribution in [0.4, 0.5) is 0 Å². The Hall–Kier alpha value is -0.670. The molecule has 0 bridgehead atoms. The zero-order chi connectivity index (χ0) is 11.8. The average Bonchev–Trinajstić information content (AvgIpc) is 2.31. The molecule has 0 aliphatic rings. The molecule has 0 aromatic heterocycles. The summed E-state index contributed by atoms with van der Waals surface area (Å²) in [5.74, 6) is 3.31. The summed E-state index contributed by atoms with van der Waals surface area (Å²) in [7, 11) is 0. The van der Waals surface area contributed by atoms with Crippen LogP contribution in [0.2, 0.25) is 0 Å². The molecule has 3 heteroatoms. The lowest BCUT2D eigenvalue weighted by Gasteiger charge is -2.08. The van der Waals surface area contributed by atoms with Gasteiger partial charge in [-0.1, -0.05) is 19.1 Å². The zero-order valence-electron chi connectivity index (χ0n) is 9.98. The van der Waals surface area contributed by atoms with E-state index in [4.69, 9.17) is 9.84 Å². The van der Waals surface area contributed by atoms with Gasteiger partial charge >= 0.3 is 0 Å². The lowest BCUT2D eigenvalue weighted by molar-refractivity contribution is 0.250. The van der Waals surface area contributed by atoms with Gasteiger partial charge in [-0.05, 0) is 36.3 Å². The average molecular weight is 240 g/mol. The Morgan fingerprint density at radius 2 is 2.00 bits per heavy atom. The minimum Gasteiger partial charge on any atom is -0.494 e. The van der Waals surface area contributed by atoms with E-state index in [1.165, 1.54) is 5.56 Å². The van der Waals surface area contributed by atoms with Gasteiger partial charge in [-0.2, -0.15) is 11.8 Å². The van der Waals surface area contributed by atoms with Crippen molar-refractivity contribution in [3.63, 3.8) is 0 Å². The predicted molar refractivity (Wildman–Crippen MR) is 70.0 cm³/mol. The van der Waals surface area contributed by atoms with Crippen LogP contribution in [0.25, 0.3) is 0 Å². The molecule has 0 heterocycles. The molecule has 0 spiro atoms. The highest BCUT2D eigenvalue weighted by molar-refractivity contribution is 7.98. The van der Waals surface area contributed by atoms with Gasteiger partial charge in [-0.15, -0.1) is 0 Å². The molecule has 1 unspecified atom stereocenters. The van der Waals surface area contributed by atoms with E-state index in [1.807, 2.05) is 30.8 Å². The molecule has 0 amide bonds. The molecule has 2 nitrogen and oxygen atoms in total. The predicted octanol–water partition coefficient (Wildman–Crippen LogP) is 2.95. The highest BCUT2D eigenvalue weighted by Gasteiger charge is 2.00. The van der Waals surface area contributed by atoms with Crippen LogP contribution in [0.1, 0.15) is 19.4 Å². The van der Waals surface area contributed by atoms with Crippen LogP contribution >= 0.6 is 11.8 Å². The Morgan fingerprint density at radius 1 is 1.31 bits per heavy atom. The van der Waals surface area contributed by atoms with Crippen LogP contribution in [0.5, 0.6) is 5.75 Å². The topological polar surface area (TPSA) is 29.5 Å². The fourth-order valence-corrected chi connectivity index (χ4v) is 2.33. The van der Waals surface area contributed by atoms with Crippen LogP contribution in [0.3, 0.4) is 0 Å². The Balaban J connectivity index is 2.31. The van der Waals surface area contributed by atoms with Gasteiger partial charge in [0.15, 0.2) is 0 Å².